The molecule has 0 fully saturated rings. The van der Waals surface area contributed by atoms with Gasteiger partial charge in [0.05, 0.1) is 22.7 Å². The summed E-state index contributed by atoms with van der Waals surface area (Å²) < 4.78 is 0. The van der Waals surface area contributed by atoms with Crippen molar-refractivity contribution in [3.8, 4) is 0 Å². The normalized spacial score (nSPS) is 11.5. The molecule has 21 heavy (non-hydrogen) atoms. The van der Waals surface area contributed by atoms with Crippen LogP contribution in [0.3, 0.4) is 0 Å². The summed E-state index contributed by atoms with van der Waals surface area (Å²) in [4.78, 5) is 23.7. The predicted molar refractivity (Wildman–Crippen MR) is 79.1 cm³/mol. The minimum absolute atomic E-state index is 0.110. The number of aliphatic carboxylic acids is 1. The van der Waals surface area contributed by atoms with Gasteiger partial charge >= 0.3 is 5.97 Å². The molecule has 1 amide bonds. The third-order valence-corrected chi connectivity index (χ3v) is 4.12. The highest BCUT2D eigenvalue weighted by atomic mass is 16.4. The first-order chi connectivity index (χ1) is 10.0. The van der Waals surface area contributed by atoms with E-state index in [1.54, 1.807) is 18.3 Å². The number of carboxylic acids is 1. The molecule has 0 aliphatic heterocycles. The maximum Gasteiger partial charge on any atom is 0.311 e. The number of carbonyl (C=O) groups excluding carboxylic acids is 1. The molecule has 0 bridgehead atoms. The fourth-order valence-corrected chi connectivity index (χ4v) is 2.38. The first-order valence-corrected chi connectivity index (χ1v) is 6.97. The fraction of sp³-hybridized carbons (Fsp3) is 0.400. The van der Waals surface area contributed by atoms with Crippen LogP contribution in [0.25, 0.3) is 10.9 Å². The Labute approximate surface area is 122 Å². The maximum absolute atomic E-state index is 12.3. The van der Waals surface area contributed by atoms with Crippen molar-refractivity contribution in [2.24, 2.45) is 5.41 Å². The van der Waals surface area contributed by atoms with E-state index in [0.717, 1.165) is 5.39 Å². The number of fused-ring (bicyclic) bond motifs is 1. The van der Waals surface area contributed by atoms with E-state index in [-0.39, 0.29) is 12.5 Å². The van der Waals surface area contributed by atoms with E-state index < -0.39 is 11.4 Å². The fourth-order valence-electron chi connectivity index (χ4n) is 2.38. The van der Waals surface area contributed by atoms with Gasteiger partial charge in [0.1, 0.15) is 0 Å². The van der Waals surface area contributed by atoms with E-state index in [9.17, 15) is 14.7 Å². The zero-order valence-electron chi connectivity index (χ0n) is 12.1. The Balaban J connectivity index is 2.18. The van der Waals surface area contributed by atoms with Crippen LogP contribution in [0.2, 0.25) is 0 Å². The lowest BCUT2D eigenvalue weighted by atomic mass is 9.82. The Morgan fingerprint density at radius 2 is 2.05 bits per heavy atom. The molecule has 0 unspecified atom stereocenters. The summed E-state index contributed by atoms with van der Waals surface area (Å²) in [6.07, 6.45) is 2.58. The van der Waals surface area contributed by atoms with Gasteiger partial charge in [0.25, 0.3) is 5.91 Å². The summed E-state index contributed by atoms with van der Waals surface area (Å²) >= 11 is 0. The van der Waals surface area contributed by atoms with E-state index in [1.165, 1.54) is 0 Å². The lowest BCUT2D eigenvalue weighted by Gasteiger charge is -2.26. The standard InChI is InChI=1S/C15H19N3O3/c1-3-15(4-2,14(20)21)9-16-13(19)11-7-5-6-10-8-17-18-12(10)11/h5-8H,3-4,9H2,1-2H3,(H,16,19)(H,17,18)(H,20,21). The summed E-state index contributed by atoms with van der Waals surface area (Å²) in [5.41, 5.74) is 0.206. The molecule has 1 heterocycles. The highest BCUT2D eigenvalue weighted by Gasteiger charge is 2.35. The van der Waals surface area contributed by atoms with Crippen molar-refractivity contribution in [3.63, 3.8) is 0 Å². The van der Waals surface area contributed by atoms with Crippen molar-refractivity contribution < 1.29 is 14.7 Å². The van der Waals surface area contributed by atoms with Crippen LogP contribution in [0.15, 0.2) is 24.4 Å². The van der Waals surface area contributed by atoms with Crippen molar-refractivity contribution >= 4 is 22.8 Å². The molecular formula is C15H19N3O3. The summed E-state index contributed by atoms with van der Waals surface area (Å²) in [7, 11) is 0. The molecule has 1 aromatic heterocycles. The lowest BCUT2D eigenvalue weighted by Crippen LogP contribution is -2.42. The minimum Gasteiger partial charge on any atom is -0.481 e. The zero-order chi connectivity index (χ0) is 15.5. The molecular weight excluding hydrogens is 270 g/mol. The number of hydrogen-bond donors (Lipinski definition) is 3. The van der Waals surface area contributed by atoms with Gasteiger partial charge in [-0.25, -0.2) is 0 Å². The smallest absolute Gasteiger partial charge is 0.311 e. The van der Waals surface area contributed by atoms with Crippen LogP contribution in [-0.4, -0.2) is 33.7 Å². The number of rotatable bonds is 6. The van der Waals surface area contributed by atoms with Gasteiger partial charge in [-0.2, -0.15) is 5.10 Å². The average molecular weight is 289 g/mol. The number of aromatic amines is 1. The van der Waals surface area contributed by atoms with Gasteiger partial charge in [0.15, 0.2) is 0 Å². The summed E-state index contributed by atoms with van der Waals surface area (Å²) in [5.74, 6) is -1.18. The molecule has 0 saturated carbocycles. The van der Waals surface area contributed by atoms with Gasteiger partial charge in [0.2, 0.25) is 0 Å². The lowest BCUT2D eigenvalue weighted by molar-refractivity contribution is -0.149. The van der Waals surface area contributed by atoms with E-state index in [0.29, 0.717) is 23.9 Å². The zero-order valence-corrected chi connectivity index (χ0v) is 12.1. The number of aromatic nitrogens is 2. The second-order valence-corrected chi connectivity index (χ2v) is 5.12. The molecule has 0 saturated heterocycles. The quantitative estimate of drug-likeness (QED) is 0.759. The molecule has 1 aromatic carbocycles. The van der Waals surface area contributed by atoms with Gasteiger partial charge in [0, 0.05) is 11.9 Å². The summed E-state index contributed by atoms with van der Waals surface area (Å²) in [5, 5.41) is 19.7. The molecule has 0 atom stereocenters. The molecule has 6 heteroatoms. The monoisotopic (exact) mass is 289 g/mol. The van der Waals surface area contributed by atoms with E-state index >= 15 is 0 Å². The Morgan fingerprint density at radius 3 is 2.67 bits per heavy atom. The highest BCUT2D eigenvalue weighted by Crippen LogP contribution is 2.26. The molecule has 2 rings (SSSR count). The van der Waals surface area contributed by atoms with Crippen molar-refractivity contribution in [2.45, 2.75) is 26.7 Å². The number of nitrogens with zero attached hydrogens (tertiary/aromatic N) is 1. The SMILES string of the molecule is CCC(CC)(CNC(=O)c1cccc2cn[nH]c12)C(=O)O. The van der Waals surface area contributed by atoms with Crippen molar-refractivity contribution in [3.05, 3.63) is 30.0 Å². The molecule has 3 N–H and O–H groups in total. The van der Waals surface area contributed by atoms with Crippen molar-refractivity contribution in [1.82, 2.24) is 15.5 Å². The summed E-state index contributed by atoms with van der Waals surface area (Å²) in [6.45, 7) is 3.75. The van der Waals surface area contributed by atoms with Crippen LogP contribution < -0.4 is 5.32 Å². The molecule has 6 nitrogen and oxygen atoms in total. The van der Waals surface area contributed by atoms with Crippen LogP contribution in [-0.2, 0) is 4.79 Å². The maximum atomic E-state index is 12.3. The predicted octanol–water partition coefficient (Wildman–Crippen LogP) is 2.18. The van der Waals surface area contributed by atoms with Gasteiger partial charge in [-0.1, -0.05) is 26.0 Å². The largest absolute Gasteiger partial charge is 0.481 e. The Morgan fingerprint density at radius 1 is 1.33 bits per heavy atom. The van der Waals surface area contributed by atoms with Crippen LogP contribution in [0.5, 0.6) is 0 Å². The number of hydrogen-bond acceptors (Lipinski definition) is 3. The Bertz CT molecular complexity index is 659. The Kier molecular flexibility index (Phi) is 4.26. The number of benzene rings is 1. The molecule has 0 spiro atoms. The van der Waals surface area contributed by atoms with E-state index in [1.807, 2.05) is 19.9 Å². The number of H-pyrrole nitrogens is 1. The third kappa shape index (κ3) is 2.74. The van der Waals surface area contributed by atoms with Crippen LogP contribution in [0.1, 0.15) is 37.0 Å². The molecule has 0 radical (unpaired) electrons. The van der Waals surface area contributed by atoms with Gasteiger partial charge in [-0.15, -0.1) is 0 Å². The summed E-state index contributed by atoms with van der Waals surface area (Å²) in [6, 6.07) is 5.32. The third-order valence-electron chi connectivity index (χ3n) is 4.12. The molecule has 112 valence electrons. The second-order valence-electron chi connectivity index (χ2n) is 5.12. The van der Waals surface area contributed by atoms with E-state index in [4.69, 9.17) is 0 Å². The number of nitrogens with one attached hydrogen (secondary N) is 2. The molecule has 0 aliphatic rings. The molecule has 0 aliphatic carbocycles. The highest BCUT2D eigenvalue weighted by molar-refractivity contribution is 6.05. The van der Waals surface area contributed by atoms with Crippen LogP contribution in [0, 0.1) is 5.41 Å². The Hall–Kier alpha value is -2.37. The van der Waals surface area contributed by atoms with Crippen LogP contribution in [0.4, 0.5) is 0 Å². The number of carbonyl (C=O) groups is 2. The van der Waals surface area contributed by atoms with Gasteiger partial charge in [-0.3, -0.25) is 14.7 Å². The second kappa shape index (κ2) is 5.95. The topological polar surface area (TPSA) is 95.1 Å². The molecule has 2 aromatic rings. The number of amides is 1. The first kappa shape index (κ1) is 15.0. The van der Waals surface area contributed by atoms with Crippen molar-refractivity contribution in [1.29, 1.82) is 0 Å². The number of carboxylic acid groups (broad SMARTS) is 1. The average Bonchev–Trinajstić information content (AvgIpc) is 2.96. The van der Waals surface area contributed by atoms with Crippen LogP contribution >= 0.6 is 0 Å². The van der Waals surface area contributed by atoms with Gasteiger partial charge < -0.3 is 10.4 Å². The van der Waals surface area contributed by atoms with Crippen molar-refractivity contribution in [2.75, 3.05) is 6.54 Å². The first-order valence-electron chi connectivity index (χ1n) is 6.97. The van der Waals surface area contributed by atoms with E-state index in [2.05, 4.69) is 15.5 Å². The van der Waals surface area contributed by atoms with Gasteiger partial charge in [-0.05, 0) is 18.9 Å². The minimum atomic E-state index is -0.919. The number of para-hydroxylation sites is 1.